The summed E-state index contributed by atoms with van der Waals surface area (Å²) in [6, 6.07) is 8.67. The average molecular weight is 382 g/mol. The molecule has 8 heteroatoms. The molecule has 3 heterocycles. The fourth-order valence-corrected chi connectivity index (χ4v) is 3.50. The fourth-order valence-electron chi connectivity index (χ4n) is 3.23. The van der Waals surface area contributed by atoms with E-state index < -0.39 is 5.91 Å². The lowest BCUT2D eigenvalue weighted by molar-refractivity contribution is 0.100. The number of amides is 1. The number of carbonyl (C=O) groups excluding carboxylic acids is 1. The number of imidazole rings is 1. The van der Waals surface area contributed by atoms with Crippen molar-refractivity contribution >= 4 is 34.2 Å². The second-order valence-corrected chi connectivity index (χ2v) is 6.56. The highest BCUT2D eigenvalue weighted by Gasteiger charge is 2.18. The van der Waals surface area contributed by atoms with Gasteiger partial charge in [0.15, 0.2) is 5.65 Å². The number of fused-ring (bicyclic) bond motifs is 3. The van der Waals surface area contributed by atoms with E-state index in [0.29, 0.717) is 17.4 Å². The standard InChI is InChI=1S/C19H16ClN5O2/c1-9-16-10(2)23-18(11-4-5-12(17(21)26)13(20)8-11)25(16)19-14(22-9)6-7-15(24-19)27-3/h4-8H,1-3H3,(H2,21,26). The van der Waals surface area contributed by atoms with Crippen LogP contribution < -0.4 is 10.5 Å². The topological polar surface area (TPSA) is 95.4 Å². The molecule has 0 spiro atoms. The van der Waals surface area contributed by atoms with Crippen LogP contribution >= 0.6 is 11.6 Å². The summed E-state index contributed by atoms with van der Waals surface area (Å²) in [6.45, 7) is 3.85. The second-order valence-electron chi connectivity index (χ2n) is 6.16. The molecule has 7 nitrogen and oxygen atoms in total. The molecule has 0 saturated carbocycles. The lowest BCUT2D eigenvalue weighted by atomic mass is 10.1. The summed E-state index contributed by atoms with van der Waals surface area (Å²) in [5, 5.41) is 0.273. The first-order chi connectivity index (χ1) is 12.9. The molecule has 0 fully saturated rings. The highest BCUT2D eigenvalue weighted by molar-refractivity contribution is 6.34. The number of hydrogen-bond acceptors (Lipinski definition) is 5. The molecule has 1 amide bonds. The van der Waals surface area contributed by atoms with Crippen molar-refractivity contribution in [2.75, 3.05) is 7.11 Å². The van der Waals surface area contributed by atoms with Gasteiger partial charge in [-0.05, 0) is 32.0 Å². The van der Waals surface area contributed by atoms with Crippen molar-refractivity contribution < 1.29 is 9.53 Å². The maximum atomic E-state index is 11.5. The van der Waals surface area contributed by atoms with Crippen LogP contribution in [0.3, 0.4) is 0 Å². The number of ether oxygens (including phenoxy) is 1. The van der Waals surface area contributed by atoms with Gasteiger partial charge in [-0.1, -0.05) is 17.7 Å². The van der Waals surface area contributed by atoms with E-state index >= 15 is 0 Å². The number of nitrogens with two attached hydrogens (primary N) is 1. The molecule has 0 aliphatic heterocycles. The van der Waals surface area contributed by atoms with Crippen LogP contribution in [0.25, 0.3) is 28.1 Å². The highest BCUT2D eigenvalue weighted by atomic mass is 35.5. The Morgan fingerprint density at radius 2 is 1.85 bits per heavy atom. The van der Waals surface area contributed by atoms with Crippen molar-refractivity contribution in [1.29, 1.82) is 0 Å². The number of benzene rings is 1. The summed E-state index contributed by atoms with van der Waals surface area (Å²) in [5.41, 5.74) is 10.2. The second kappa shape index (κ2) is 6.21. The largest absolute Gasteiger partial charge is 0.481 e. The number of carbonyl (C=O) groups is 1. The molecule has 0 atom stereocenters. The molecule has 0 bridgehead atoms. The Hall–Kier alpha value is -3.19. The number of pyridine rings is 1. The Kier molecular flexibility index (Phi) is 3.96. The summed E-state index contributed by atoms with van der Waals surface area (Å²) in [4.78, 5) is 25.4. The van der Waals surface area contributed by atoms with E-state index in [1.165, 1.54) is 0 Å². The normalized spacial score (nSPS) is 11.3. The average Bonchev–Trinajstić information content (AvgIpc) is 2.99. The smallest absolute Gasteiger partial charge is 0.250 e. The predicted molar refractivity (Wildman–Crippen MR) is 103 cm³/mol. The van der Waals surface area contributed by atoms with Crippen LogP contribution in [0, 0.1) is 13.8 Å². The fraction of sp³-hybridized carbons (Fsp3) is 0.158. The maximum Gasteiger partial charge on any atom is 0.250 e. The van der Waals surface area contributed by atoms with Gasteiger partial charge < -0.3 is 10.5 Å². The van der Waals surface area contributed by atoms with Crippen LogP contribution in [0.4, 0.5) is 0 Å². The van der Waals surface area contributed by atoms with E-state index in [9.17, 15) is 4.79 Å². The van der Waals surface area contributed by atoms with Crippen LogP contribution in [-0.2, 0) is 0 Å². The van der Waals surface area contributed by atoms with Gasteiger partial charge >= 0.3 is 0 Å². The van der Waals surface area contributed by atoms with Gasteiger partial charge in [0.2, 0.25) is 11.8 Å². The molecule has 1 aromatic carbocycles. The van der Waals surface area contributed by atoms with Crippen LogP contribution in [0.2, 0.25) is 5.02 Å². The molecule has 27 heavy (non-hydrogen) atoms. The maximum absolute atomic E-state index is 11.5. The third kappa shape index (κ3) is 2.67. The number of hydrogen-bond donors (Lipinski definition) is 1. The van der Waals surface area contributed by atoms with Crippen LogP contribution in [0.5, 0.6) is 5.88 Å². The number of nitrogens with zero attached hydrogens (tertiary/aromatic N) is 4. The summed E-state index contributed by atoms with van der Waals surface area (Å²) in [6.07, 6.45) is 0. The van der Waals surface area contributed by atoms with E-state index in [-0.39, 0.29) is 10.6 Å². The molecule has 2 N–H and O–H groups in total. The summed E-state index contributed by atoms with van der Waals surface area (Å²) in [5.74, 6) is 0.554. The number of methoxy groups -OCH3 is 1. The van der Waals surface area contributed by atoms with Crippen LogP contribution in [0.15, 0.2) is 30.3 Å². The molecular formula is C19H16ClN5O2. The SMILES string of the molecule is COc1ccc2nc(C)c3c(C)nc(-c4ccc(C(N)=O)c(Cl)c4)n3c2n1. The Balaban J connectivity index is 2.09. The van der Waals surface area contributed by atoms with Gasteiger partial charge in [0.25, 0.3) is 0 Å². The van der Waals surface area contributed by atoms with Crippen molar-refractivity contribution in [3.8, 4) is 17.3 Å². The molecule has 136 valence electrons. The molecule has 0 radical (unpaired) electrons. The van der Waals surface area contributed by atoms with Gasteiger partial charge in [-0.2, -0.15) is 4.98 Å². The van der Waals surface area contributed by atoms with Gasteiger partial charge in [0, 0.05) is 11.6 Å². The predicted octanol–water partition coefficient (Wildman–Crippen LogP) is 3.32. The monoisotopic (exact) mass is 381 g/mol. The van der Waals surface area contributed by atoms with Gasteiger partial charge in [-0.3, -0.25) is 9.20 Å². The van der Waals surface area contributed by atoms with Crippen molar-refractivity contribution in [3.05, 3.63) is 52.3 Å². The summed E-state index contributed by atoms with van der Waals surface area (Å²) >= 11 is 6.24. The van der Waals surface area contributed by atoms with Crippen molar-refractivity contribution in [2.45, 2.75) is 13.8 Å². The zero-order chi connectivity index (χ0) is 19.3. The van der Waals surface area contributed by atoms with E-state index in [0.717, 1.165) is 28.0 Å². The minimum Gasteiger partial charge on any atom is -0.481 e. The van der Waals surface area contributed by atoms with Crippen molar-refractivity contribution in [1.82, 2.24) is 19.4 Å². The third-order valence-electron chi connectivity index (χ3n) is 4.43. The molecule has 0 saturated heterocycles. The Labute approximate surface area is 159 Å². The van der Waals surface area contributed by atoms with E-state index in [4.69, 9.17) is 27.1 Å². The molecule has 0 aliphatic carbocycles. The number of primary amides is 1. The van der Waals surface area contributed by atoms with Crippen molar-refractivity contribution in [3.63, 3.8) is 0 Å². The summed E-state index contributed by atoms with van der Waals surface area (Å²) in [7, 11) is 1.56. The molecule has 4 aromatic rings. The number of halogens is 1. The first-order valence-corrected chi connectivity index (χ1v) is 8.58. The van der Waals surface area contributed by atoms with E-state index in [1.54, 1.807) is 31.4 Å². The van der Waals surface area contributed by atoms with E-state index in [1.807, 2.05) is 24.3 Å². The van der Waals surface area contributed by atoms with Gasteiger partial charge in [0.1, 0.15) is 11.3 Å². The highest BCUT2D eigenvalue weighted by Crippen LogP contribution is 2.30. The van der Waals surface area contributed by atoms with Gasteiger partial charge in [-0.25, -0.2) is 9.97 Å². The Morgan fingerprint density at radius 3 is 2.52 bits per heavy atom. The minimum absolute atomic E-state index is 0.264. The first kappa shape index (κ1) is 17.2. The molecule has 3 aromatic heterocycles. The number of aryl methyl sites for hydroxylation is 2. The van der Waals surface area contributed by atoms with Crippen LogP contribution in [0.1, 0.15) is 21.7 Å². The lowest BCUT2D eigenvalue weighted by Crippen LogP contribution is -2.11. The zero-order valence-corrected chi connectivity index (χ0v) is 15.7. The Morgan fingerprint density at radius 1 is 1.11 bits per heavy atom. The first-order valence-electron chi connectivity index (χ1n) is 8.21. The zero-order valence-electron chi connectivity index (χ0n) is 14.9. The lowest BCUT2D eigenvalue weighted by Gasteiger charge is -2.09. The van der Waals surface area contributed by atoms with Gasteiger partial charge in [-0.15, -0.1) is 0 Å². The Bertz CT molecular complexity index is 1230. The number of aromatic nitrogens is 4. The molecule has 0 aliphatic rings. The molecular weight excluding hydrogens is 366 g/mol. The van der Waals surface area contributed by atoms with Gasteiger partial charge in [0.05, 0.1) is 34.6 Å². The third-order valence-corrected chi connectivity index (χ3v) is 4.74. The minimum atomic E-state index is -0.576. The van der Waals surface area contributed by atoms with Crippen molar-refractivity contribution in [2.24, 2.45) is 5.73 Å². The quantitative estimate of drug-likeness (QED) is 0.587. The molecule has 0 unspecified atom stereocenters. The number of rotatable bonds is 3. The summed E-state index contributed by atoms with van der Waals surface area (Å²) < 4.78 is 7.21. The van der Waals surface area contributed by atoms with E-state index in [2.05, 4.69) is 9.97 Å². The molecule has 4 rings (SSSR count). The van der Waals surface area contributed by atoms with Crippen LogP contribution in [-0.4, -0.2) is 32.4 Å².